The molecule has 0 radical (unpaired) electrons. The van der Waals surface area contributed by atoms with Crippen molar-refractivity contribution in [1.29, 1.82) is 0 Å². The van der Waals surface area contributed by atoms with Crippen LogP contribution in [0.25, 0.3) is 0 Å². The highest BCUT2D eigenvalue weighted by molar-refractivity contribution is 9.10. The van der Waals surface area contributed by atoms with Gasteiger partial charge >= 0.3 is 0 Å². The Morgan fingerprint density at radius 2 is 2.04 bits per heavy atom. The molecule has 1 heterocycles. The lowest BCUT2D eigenvalue weighted by Crippen LogP contribution is -2.42. The smallest absolute Gasteiger partial charge is 0.227 e. The van der Waals surface area contributed by atoms with Gasteiger partial charge in [-0.1, -0.05) is 36.7 Å². The molecule has 1 atom stereocenters. The first kappa shape index (κ1) is 18.6. The topological polar surface area (TPSA) is 29.5 Å². The summed E-state index contributed by atoms with van der Waals surface area (Å²) in [4.78, 5) is 13.8. The summed E-state index contributed by atoms with van der Waals surface area (Å²) in [5, 5.41) is 0.146. The maximum absolute atomic E-state index is 14.1. The minimum Gasteiger partial charge on any atom is -0.416 e. The van der Waals surface area contributed by atoms with Crippen molar-refractivity contribution in [3.05, 3.63) is 28.5 Å². The molecule has 0 bridgehead atoms. The first-order valence-corrected chi connectivity index (χ1v) is 11.6. The fourth-order valence-electron chi connectivity index (χ4n) is 2.37. The molecule has 2 rings (SSSR count). The third-order valence-electron chi connectivity index (χ3n) is 4.89. The molecule has 0 unspecified atom stereocenters. The molecule has 23 heavy (non-hydrogen) atoms. The molecule has 0 aromatic heterocycles. The third-order valence-corrected chi connectivity index (χ3v) is 9.89. The number of carbonyl (C=O) groups excluding carboxylic acids is 1. The first-order chi connectivity index (χ1) is 10.5. The van der Waals surface area contributed by atoms with E-state index in [9.17, 15) is 9.18 Å². The van der Waals surface area contributed by atoms with Crippen LogP contribution in [-0.4, -0.2) is 27.4 Å². The van der Waals surface area contributed by atoms with Crippen molar-refractivity contribution in [3.63, 3.8) is 0 Å². The Kier molecular flexibility index (Phi) is 5.38. The van der Waals surface area contributed by atoms with Crippen LogP contribution in [0.4, 0.5) is 10.1 Å². The maximum Gasteiger partial charge on any atom is 0.227 e. The molecule has 1 aliphatic heterocycles. The van der Waals surface area contributed by atoms with E-state index in [4.69, 9.17) is 4.43 Å². The second kappa shape index (κ2) is 6.65. The van der Waals surface area contributed by atoms with E-state index in [2.05, 4.69) is 49.8 Å². The van der Waals surface area contributed by atoms with Crippen LogP contribution in [0.1, 0.15) is 27.2 Å². The van der Waals surface area contributed by atoms with Crippen LogP contribution in [0, 0.1) is 11.7 Å². The van der Waals surface area contributed by atoms with Gasteiger partial charge < -0.3 is 9.33 Å². The lowest BCUT2D eigenvalue weighted by molar-refractivity contribution is -0.117. The summed E-state index contributed by atoms with van der Waals surface area (Å²) in [6.45, 7) is 12.1. The van der Waals surface area contributed by atoms with Crippen molar-refractivity contribution in [2.24, 2.45) is 5.92 Å². The number of rotatable bonds is 4. The van der Waals surface area contributed by atoms with Gasteiger partial charge in [0, 0.05) is 30.0 Å². The Morgan fingerprint density at radius 1 is 1.39 bits per heavy atom. The van der Waals surface area contributed by atoms with Gasteiger partial charge in [0.15, 0.2) is 8.32 Å². The lowest BCUT2D eigenvalue weighted by atomic mass is 10.1. The van der Waals surface area contributed by atoms with E-state index < -0.39 is 8.32 Å². The van der Waals surface area contributed by atoms with Gasteiger partial charge in [0.25, 0.3) is 0 Å². The van der Waals surface area contributed by atoms with E-state index >= 15 is 0 Å². The van der Waals surface area contributed by atoms with Gasteiger partial charge in [-0.3, -0.25) is 4.79 Å². The average Bonchev–Trinajstić information content (AvgIpc) is 2.76. The molecule has 1 aromatic rings. The minimum absolute atomic E-state index is 0.0324. The summed E-state index contributed by atoms with van der Waals surface area (Å²) in [5.41, 5.74) is 0.355. The highest BCUT2D eigenvalue weighted by atomic mass is 79.9. The van der Waals surface area contributed by atoms with E-state index in [0.717, 1.165) is 0 Å². The van der Waals surface area contributed by atoms with Crippen LogP contribution in [0.5, 0.6) is 0 Å². The van der Waals surface area contributed by atoms with Crippen LogP contribution in [0.2, 0.25) is 18.1 Å². The maximum atomic E-state index is 14.1. The highest BCUT2D eigenvalue weighted by Crippen LogP contribution is 2.37. The quantitative estimate of drug-likeness (QED) is 0.666. The number of hydrogen-bond donors (Lipinski definition) is 0. The Labute approximate surface area is 147 Å². The molecule has 3 nitrogen and oxygen atoms in total. The van der Waals surface area contributed by atoms with Crippen molar-refractivity contribution in [1.82, 2.24) is 0 Å². The van der Waals surface area contributed by atoms with Crippen LogP contribution in [-0.2, 0) is 9.22 Å². The molecule has 6 heteroatoms. The Hall–Kier alpha value is -0.723. The van der Waals surface area contributed by atoms with E-state index in [1.54, 1.807) is 17.0 Å². The Balaban J connectivity index is 2.03. The van der Waals surface area contributed by atoms with E-state index in [1.807, 2.05) is 0 Å². The molecule has 0 N–H and O–H groups in total. The largest absolute Gasteiger partial charge is 0.416 e. The van der Waals surface area contributed by atoms with Gasteiger partial charge in [0.05, 0.1) is 5.69 Å². The molecule has 1 saturated heterocycles. The van der Waals surface area contributed by atoms with Crippen LogP contribution in [0.15, 0.2) is 22.7 Å². The second-order valence-corrected chi connectivity index (χ2v) is 13.5. The van der Waals surface area contributed by atoms with Gasteiger partial charge in [-0.25, -0.2) is 4.39 Å². The summed E-state index contributed by atoms with van der Waals surface area (Å²) in [7, 11) is -1.82. The van der Waals surface area contributed by atoms with E-state index in [-0.39, 0.29) is 22.7 Å². The fourth-order valence-corrected chi connectivity index (χ4v) is 3.79. The SMILES string of the molecule is CC(C)(C)[Si](C)(C)OC[C@@H]1CC(=O)N(c2ccc(Br)cc2F)C1. The van der Waals surface area contributed by atoms with Crippen LogP contribution < -0.4 is 4.90 Å². The van der Waals surface area contributed by atoms with Crippen LogP contribution in [0.3, 0.4) is 0 Å². The zero-order valence-electron chi connectivity index (χ0n) is 14.5. The number of amides is 1. The highest BCUT2D eigenvalue weighted by Gasteiger charge is 2.39. The van der Waals surface area contributed by atoms with Gasteiger partial charge in [-0.15, -0.1) is 0 Å². The standard InChI is InChI=1S/C17H25BrFNO2Si/c1-17(2,3)23(4,5)22-11-12-8-16(21)20(10-12)15-7-6-13(18)9-14(15)19/h6-7,9,12H,8,10-11H2,1-5H3/t12-/m1/s1. The molecule has 1 aliphatic rings. The second-order valence-electron chi connectivity index (χ2n) is 7.74. The lowest BCUT2D eigenvalue weighted by Gasteiger charge is -2.36. The van der Waals surface area contributed by atoms with E-state index in [1.165, 1.54) is 6.07 Å². The summed E-state index contributed by atoms with van der Waals surface area (Å²) in [6, 6.07) is 4.79. The number of halogens is 2. The zero-order chi connectivity index (χ0) is 17.4. The predicted molar refractivity (Wildman–Crippen MR) is 97.7 cm³/mol. The normalized spacial score (nSPS) is 19.5. The Bertz CT molecular complexity index is 601. The molecule has 0 aliphatic carbocycles. The predicted octanol–water partition coefficient (Wildman–Crippen LogP) is 4.96. The zero-order valence-corrected chi connectivity index (χ0v) is 17.0. The van der Waals surface area contributed by atoms with Gasteiger partial charge in [-0.2, -0.15) is 0 Å². The summed E-state index contributed by atoms with van der Waals surface area (Å²) >= 11 is 3.24. The average molecular weight is 402 g/mol. The molecule has 0 spiro atoms. The molecule has 1 amide bonds. The first-order valence-electron chi connectivity index (χ1n) is 7.90. The van der Waals surface area contributed by atoms with Gasteiger partial charge in [0.1, 0.15) is 5.82 Å². The minimum atomic E-state index is -1.82. The van der Waals surface area contributed by atoms with Gasteiger partial charge in [-0.05, 0) is 36.3 Å². The molecule has 1 aromatic carbocycles. The van der Waals surface area contributed by atoms with Crippen molar-refractivity contribution < 1.29 is 13.6 Å². The molecule has 128 valence electrons. The molecule has 0 saturated carbocycles. The van der Waals surface area contributed by atoms with E-state index in [0.29, 0.717) is 29.7 Å². The Morgan fingerprint density at radius 3 is 2.61 bits per heavy atom. The summed E-state index contributed by atoms with van der Waals surface area (Å²) in [5.74, 6) is -0.284. The third kappa shape index (κ3) is 4.22. The number of anilines is 1. The molecular weight excluding hydrogens is 377 g/mol. The number of hydrogen-bond acceptors (Lipinski definition) is 2. The monoisotopic (exact) mass is 401 g/mol. The van der Waals surface area contributed by atoms with Crippen molar-refractivity contribution >= 4 is 35.8 Å². The molecule has 1 fully saturated rings. The van der Waals surface area contributed by atoms with Crippen molar-refractivity contribution in [2.75, 3.05) is 18.1 Å². The number of benzene rings is 1. The van der Waals surface area contributed by atoms with Crippen molar-refractivity contribution in [2.45, 2.75) is 45.3 Å². The number of carbonyl (C=O) groups is 1. The van der Waals surface area contributed by atoms with Gasteiger partial charge in [0.2, 0.25) is 5.91 Å². The van der Waals surface area contributed by atoms with Crippen LogP contribution >= 0.6 is 15.9 Å². The summed E-state index contributed by atoms with van der Waals surface area (Å²) in [6.07, 6.45) is 0.421. The van der Waals surface area contributed by atoms with Crippen molar-refractivity contribution in [3.8, 4) is 0 Å². The number of nitrogens with zero attached hydrogens (tertiary/aromatic N) is 1. The summed E-state index contributed by atoms with van der Waals surface area (Å²) < 4.78 is 21.0. The fraction of sp³-hybridized carbons (Fsp3) is 0.588. The molecular formula is C17H25BrFNO2Si.